The van der Waals surface area contributed by atoms with Crippen LogP contribution in [0.2, 0.25) is 0 Å². The highest BCUT2D eigenvalue weighted by atomic mass is 32.1. The number of nitrogens with one attached hydrogen (secondary N) is 2. The third-order valence-electron chi connectivity index (χ3n) is 4.87. The number of pyridine rings is 2. The highest BCUT2D eigenvalue weighted by molar-refractivity contribution is 7.22. The van der Waals surface area contributed by atoms with E-state index in [1.54, 1.807) is 11.3 Å². The zero-order chi connectivity index (χ0) is 20.8. The molecule has 0 aliphatic carbocycles. The Morgan fingerprint density at radius 1 is 0.967 bits per heavy atom. The number of likely N-dealkylation sites (N-methyl/N-ethyl adjacent to an activating group) is 1. The lowest BCUT2D eigenvalue weighted by molar-refractivity contribution is 0.666. The number of anilines is 3. The van der Waals surface area contributed by atoms with Crippen LogP contribution in [0.25, 0.3) is 21.3 Å². The van der Waals surface area contributed by atoms with Gasteiger partial charge in [-0.05, 0) is 54.4 Å². The molecule has 0 aliphatic heterocycles. The average Bonchev–Trinajstić information content (AvgIpc) is 3.18. The van der Waals surface area contributed by atoms with E-state index in [0.29, 0.717) is 0 Å². The second-order valence-electron chi connectivity index (χ2n) is 7.13. The minimum Gasteiger partial charge on any atom is -0.373 e. The molecule has 0 atom stereocenters. The minimum absolute atomic E-state index is 0.800. The molecule has 3 aromatic heterocycles. The van der Waals surface area contributed by atoms with Gasteiger partial charge in [-0.15, -0.1) is 0 Å². The van der Waals surface area contributed by atoms with E-state index < -0.39 is 0 Å². The number of aromatic nitrogens is 3. The van der Waals surface area contributed by atoms with Crippen LogP contribution in [0.5, 0.6) is 0 Å². The first-order valence-electron chi connectivity index (χ1n) is 10.2. The van der Waals surface area contributed by atoms with Crippen molar-refractivity contribution in [2.24, 2.45) is 0 Å². The number of fused-ring (bicyclic) bond motifs is 1. The van der Waals surface area contributed by atoms with Crippen molar-refractivity contribution in [1.29, 1.82) is 0 Å². The molecule has 0 radical (unpaired) electrons. The Kier molecular flexibility index (Phi) is 6.51. The van der Waals surface area contributed by atoms with E-state index in [-0.39, 0.29) is 0 Å². The molecule has 0 amide bonds. The van der Waals surface area contributed by atoms with Crippen molar-refractivity contribution in [3.63, 3.8) is 0 Å². The van der Waals surface area contributed by atoms with E-state index >= 15 is 0 Å². The van der Waals surface area contributed by atoms with E-state index in [2.05, 4.69) is 63.7 Å². The van der Waals surface area contributed by atoms with Gasteiger partial charge in [-0.2, -0.15) is 0 Å². The summed E-state index contributed by atoms with van der Waals surface area (Å²) in [7, 11) is 2.10. The van der Waals surface area contributed by atoms with Crippen LogP contribution >= 0.6 is 11.3 Å². The lowest BCUT2D eigenvalue weighted by atomic mass is 10.1. The molecule has 0 bridgehead atoms. The maximum absolute atomic E-state index is 4.72. The van der Waals surface area contributed by atoms with Crippen molar-refractivity contribution in [1.82, 2.24) is 20.3 Å². The molecule has 0 fully saturated rings. The molecule has 4 aromatic rings. The van der Waals surface area contributed by atoms with Crippen LogP contribution in [0.3, 0.4) is 0 Å². The number of benzene rings is 1. The number of hydrogen-bond donors (Lipinski definition) is 2. The van der Waals surface area contributed by atoms with Crippen molar-refractivity contribution in [2.75, 3.05) is 36.9 Å². The molecule has 30 heavy (non-hydrogen) atoms. The molecular weight excluding hydrogens is 392 g/mol. The third-order valence-corrected chi connectivity index (χ3v) is 5.81. The Morgan fingerprint density at radius 3 is 2.67 bits per heavy atom. The number of thiazole rings is 1. The topological polar surface area (TPSA) is 66.0 Å². The van der Waals surface area contributed by atoms with Gasteiger partial charge in [-0.3, -0.25) is 4.98 Å². The second-order valence-corrected chi connectivity index (χ2v) is 8.16. The third kappa shape index (κ3) is 4.93. The SMILES string of the molecule is CCCNCCN(C)c1ccnc(Nc2nc3ccc(-c4ccncc4)cc3s2)c1. The van der Waals surface area contributed by atoms with Crippen LogP contribution in [-0.4, -0.2) is 41.6 Å². The quantitative estimate of drug-likeness (QED) is 0.376. The van der Waals surface area contributed by atoms with E-state index in [4.69, 9.17) is 4.98 Å². The van der Waals surface area contributed by atoms with E-state index in [9.17, 15) is 0 Å². The van der Waals surface area contributed by atoms with Gasteiger partial charge in [0.15, 0.2) is 5.13 Å². The van der Waals surface area contributed by atoms with Gasteiger partial charge < -0.3 is 15.5 Å². The molecule has 6 nitrogen and oxygen atoms in total. The highest BCUT2D eigenvalue weighted by Gasteiger charge is 2.08. The Bertz CT molecular complexity index is 1100. The summed E-state index contributed by atoms with van der Waals surface area (Å²) in [6.07, 6.45) is 6.62. The van der Waals surface area contributed by atoms with Crippen molar-refractivity contribution in [3.8, 4) is 11.1 Å². The predicted octanol–water partition coefficient (Wildman–Crippen LogP) is 4.93. The molecule has 0 saturated carbocycles. The van der Waals surface area contributed by atoms with E-state index in [1.807, 2.05) is 36.8 Å². The molecule has 154 valence electrons. The van der Waals surface area contributed by atoms with Crippen molar-refractivity contribution in [2.45, 2.75) is 13.3 Å². The number of nitrogens with zero attached hydrogens (tertiary/aromatic N) is 4. The highest BCUT2D eigenvalue weighted by Crippen LogP contribution is 2.32. The van der Waals surface area contributed by atoms with Crippen LogP contribution in [0.15, 0.2) is 61.1 Å². The van der Waals surface area contributed by atoms with Crippen molar-refractivity contribution < 1.29 is 0 Å². The van der Waals surface area contributed by atoms with Crippen LogP contribution in [0.4, 0.5) is 16.6 Å². The summed E-state index contributed by atoms with van der Waals surface area (Å²) in [6.45, 7) is 5.15. The smallest absolute Gasteiger partial charge is 0.189 e. The van der Waals surface area contributed by atoms with Gasteiger partial charge in [0.2, 0.25) is 0 Å². The largest absolute Gasteiger partial charge is 0.373 e. The molecule has 4 rings (SSSR count). The maximum Gasteiger partial charge on any atom is 0.189 e. The van der Waals surface area contributed by atoms with Crippen LogP contribution in [0.1, 0.15) is 13.3 Å². The predicted molar refractivity (Wildman–Crippen MR) is 127 cm³/mol. The fraction of sp³-hybridized carbons (Fsp3) is 0.261. The molecule has 2 N–H and O–H groups in total. The summed E-state index contributed by atoms with van der Waals surface area (Å²) in [4.78, 5) is 15.5. The van der Waals surface area contributed by atoms with E-state index in [0.717, 1.165) is 58.5 Å². The molecule has 1 aromatic carbocycles. The zero-order valence-corrected chi connectivity index (χ0v) is 18.1. The minimum atomic E-state index is 0.800. The number of hydrogen-bond acceptors (Lipinski definition) is 7. The first kappa shape index (κ1) is 20.3. The number of rotatable bonds is 9. The zero-order valence-electron chi connectivity index (χ0n) is 17.3. The first-order chi connectivity index (χ1) is 14.7. The summed E-state index contributed by atoms with van der Waals surface area (Å²) in [5.41, 5.74) is 4.43. The summed E-state index contributed by atoms with van der Waals surface area (Å²) in [5.74, 6) is 0.800. The molecule has 0 unspecified atom stereocenters. The van der Waals surface area contributed by atoms with Gasteiger partial charge in [0, 0.05) is 50.5 Å². The lowest BCUT2D eigenvalue weighted by Crippen LogP contribution is -2.29. The summed E-state index contributed by atoms with van der Waals surface area (Å²) >= 11 is 1.63. The monoisotopic (exact) mass is 418 g/mol. The van der Waals surface area contributed by atoms with Gasteiger partial charge in [0.25, 0.3) is 0 Å². The second kappa shape index (κ2) is 9.65. The van der Waals surface area contributed by atoms with E-state index in [1.165, 1.54) is 5.56 Å². The maximum atomic E-state index is 4.72. The molecule has 0 spiro atoms. The van der Waals surface area contributed by atoms with Crippen molar-refractivity contribution >= 4 is 38.2 Å². The Balaban J connectivity index is 1.47. The van der Waals surface area contributed by atoms with Gasteiger partial charge in [-0.1, -0.05) is 24.3 Å². The summed E-state index contributed by atoms with van der Waals surface area (Å²) < 4.78 is 1.14. The molecular formula is C23H26N6S. The van der Waals surface area contributed by atoms with Crippen LogP contribution in [-0.2, 0) is 0 Å². The molecule has 7 heteroatoms. The lowest BCUT2D eigenvalue weighted by Gasteiger charge is -2.20. The van der Waals surface area contributed by atoms with Crippen molar-refractivity contribution in [3.05, 3.63) is 61.1 Å². The standard InChI is InChI=1S/C23H26N6S/c1-3-9-24-13-14-29(2)19-8-12-26-22(16-19)28-23-27-20-5-4-18(15-21(20)30-23)17-6-10-25-11-7-17/h4-8,10-12,15-16,24H,3,9,13-14H2,1-2H3,(H,26,27,28). The molecule has 3 heterocycles. The van der Waals surface area contributed by atoms with Gasteiger partial charge in [-0.25, -0.2) is 9.97 Å². The molecule has 0 aliphatic rings. The molecule has 0 saturated heterocycles. The first-order valence-corrected chi connectivity index (χ1v) is 11.0. The summed E-state index contributed by atoms with van der Waals surface area (Å²) in [5, 5.41) is 7.65. The Morgan fingerprint density at radius 2 is 1.83 bits per heavy atom. The fourth-order valence-electron chi connectivity index (χ4n) is 3.21. The Hall–Kier alpha value is -3.03. The normalized spacial score (nSPS) is 11.0. The summed E-state index contributed by atoms with van der Waals surface area (Å²) in [6, 6.07) is 14.5. The van der Waals surface area contributed by atoms with Gasteiger partial charge in [0.1, 0.15) is 5.82 Å². The fourth-order valence-corrected chi connectivity index (χ4v) is 4.13. The van der Waals surface area contributed by atoms with Crippen LogP contribution in [0, 0.1) is 0 Å². The van der Waals surface area contributed by atoms with Gasteiger partial charge >= 0.3 is 0 Å². The Labute approximate surface area is 181 Å². The van der Waals surface area contributed by atoms with Gasteiger partial charge in [0.05, 0.1) is 10.2 Å². The van der Waals surface area contributed by atoms with Crippen LogP contribution < -0.4 is 15.5 Å². The average molecular weight is 419 g/mol.